The minimum Gasteiger partial charge on any atom is -0.273 e. The molecule has 1 fully saturated rings. The molecule has 1 aromatic carbocycles. The van der Waals surface area contributed by atoms with Crippen molar-refractivity contribution in [3.05, 3.63) is 46.5 Å². The van der Waals surface area contributed by atoms with Gasteiger partial charge in [-0.2, -0.15) is 10.2 Å². The Labute approximate surface area is 154 Å². The molecule has 0 aliphatic carbocycles. The van der Waals surface area contributed by atoms with Crippen molar-refractivity contribution in [2.45, 2.75) is 13.3 Å². The summed E-state index contributed by atoms with van der Waals surface area (Å²) in [5.41, 5.74) is 3.99. The van der Waals surface area contributed by atoms with Gasteiger partial charge in [-0.05, 0) is 37.6 Å². The van der Waals surface area contributed by atoms with Gasteiger partial charge in [0.15, 0.2) is 9.84 Å². The maximum Gasteiger partial charge on any atom is 0.244 e. The Hall–Kier alpha value is -2.26. The number of carbonyl (C=O) groups is 1. The fourth-order valence-electron chi connectivity index (χ4n) is 2.66. The molecule has 1 aliphatic heterocycles. The van der Waals surface area contributed by atoms with E-state index in [1.165, 1.54) is 35.2 Å². The maximum absolute atomic E-state index is 13.0. The van der Waals surface area contributed by atoms with Crippen molar-refractivity contribution in [2.75, 3.05) is 11.5 Å². The molecule has 0 saturated carbocycles. The van der Waals surface area contributed by atoms with Crippen LogP contribution in [-0.2, 0) is 14.6 Å². The highest BCUT2D eigenvalue weighted by Crippen LogP contribution is 2.22. The van der Waals surface area contributed by atoms with Crippen LogP contribution in [0.1, 0.15) is 17.7 Å². The summed E-state index contributed by atoms with van der Waals surface area (Å²) < 4.78 is 37.3. The predicted octanol–water partition coefficient (Wildman–Crippen LogP) is 1.86. The highest BCUT2D eigenvalue weighted by atomic mass is 35.5. The summed E-state index contributed by atoms with van der Waals surface area (Å²) in [6.45, 7) is 1.72. The number of halogens is 2. The molecule has 2 heterocycles. The van der Waals surface area contributed by atoms with Crippen molar-refractivity contribution in [3.8, 4) is 5.69 Å². The molecule has 1 aromatic heterocycles. The van der Waals surface area contributed by atoms with E-state index >= 15 is 0 Å². The van der Waals surface area contributed by atoms with Crippen molar-refractivity contribution in [1.29, 1.82) is 0 Å². The Morgan fingerprint density at radius 3 is 2.73 bits per heavy atom. The van der Waals surface area contributed by atoms with Crippen molar-refractivity contribution >= 4 is 33.6 Å². The molecule has 7 nitrogen and oxygen atoms in total. The summed E-state index contributed by atoms with van der Waals surface area (Å²) in [6, 6.07) is 5.67. The molecule has 1 amide bonds. The number of carbonyl (C=O) groups excluding carboxylic acids is 1. The predicted molar refractivity (Wildman–Crippen MR) is 95.8 cm³/mol. The summed E-state index contributed by atoms with van der Waals surface area (Å²) in [6.07, 6.45) is 1.65. The largest absolute Gasteiger partial charge is 0.273 e. The van der Waals surface area contributed by atoms with Gasteiger partial charge in [-0.15, -0.1) is 0 Å². The van der Waals surface area contributed by atoms with Crippen LogP contribution in [0.15, 0.2) is 29.4 Å². The highest BCUT2D eigenvalue weighted by molar-refractivity contribution is 7.91. The van der Waals surface area contributed by atoms with Crippen LogP contribution in [0.3, 0.4) is 0 Å². The molecule has 0 spiro atoms. The quantitative estimate of drug-likeness (QED) is 0.628. The molecule has 26 heavy (non-hydrogen) atoms. The van der Waals surface area contributed by atoms with E-state index in [1.807, 2.05) is 0 Å². The lowest BCUT2D eigenvalue weighted by atomic mass is 10.1. The normalized spacial score (nSPS) is 19.1. The van der Waals surface area contributed by atoms with Crippen LogP contribution in [0.4, 0.5) is 4.39 Å². The molecule has 0 unspecified atom stereocenters. The van der Waals surface area contributed by atoms with Crippen LogP contribution in [0.5, 0.6) is 0 Å². The van der Waals surface area contributed by atoms with Gasteiger partial charge in [-0.25, -0.2) is 22.9 Å². The number of sulfone groups is 1. The zero-order chi connectivity index (χ0) is 18.9. The standard InChI is InChI=1S/C16H16ClFN4O3S/c1-10-14(8-19-20-16(23)11-6-7-26(24,25)9-11)15(17)22(21-10)13-4-2-12(18)3-5-13/h2-5,8,11H,6-7,9H2,1H3,(H,20,23)/b19-8-/t11-/m1/s1. The zero-order valence-corrected chi connectivity index (χ0v) is 15.4. The van der Waals surface area contributed by atoms with Crippen LogP contribution >= 0.6 is 11.6 Å². The smallest absolute Gasteiger partial charge is 0.244 e. The van der Waals surface area contributed by atoms with Gasteiger partial charge < -0.3 is 0 Å². The first-order valence-corrected chi connectivity index (χ1v) is 10.0. The van der Waals surface area contributed by atoms with Gasteiger partial charge in [0.25, 0.3) is 0 Å². The Balaban J connectivity index is 1.73. The lowest BCUT2D eigenvalue weighted by molar-refractivity contribution is -0.124. The van der Waals surface area contributed by atoms with Gasteiger partial charge in [0.1, 0.15) is 11.0 Å². The summed E-state index contributed by atoms with van der Waals surface area (Å²) in [5.74, 6) is -1.54. The topological polar surface area (TPSA) is 93.4 Å². The molecule has 1 aliphatic rings. The number of hydrogen-bond acceptors (Lipinski definition) is 5. The fraction of sp³-hybridized carbons (Fsp3) is 0.312. The molecule has 10 heteroatoms. The van der Waals surface area contributed by atoms with Crippen LogP contribution in [0.25, 0.3) is 5.69 Å². The van der Waals surface area contributed by atoms with Crippen molar-refractivity contribution < 1.29 is 17.6 Å². The van der Waals surface area contributed by atoms with Crippen molar-refractivity contribution in [3.63, 3.8) is 0 Å². The Kier molecular flexibility index (Phi) is 5.10. The summed E-state index contributed by atoms with van der Waals surface area (Å²) >= 11 is 6.31. The molecule has 0 bridgehead atoms. The van der Waals surface area contributed by atoms with E-state index in [0.717, 1.165) is 0 Å². The van der Waals surface area contributed by atoms with Crippen LogP contribution < -0.4 is 5.43 Å². The molecule has 1 atom stereocenters. The Morgan fingerprint density at radius 2 is 2.12 bits per heavy atom. The van der Waals surface area contributed by atoms with E-state index in [4.69, 9.17) is 11.6 Å². The fourth-order valence-corrected chi connectivity index (χ4v) is 4.73. The second-order valence-electron chi connectivity index (χ2n) is 6.01. The highest BCUT2D eigenvalue weighted by Gasteiger charge is 2.32. The molecule has 1 saturated heterocycles. The number of hydrogen-bond donors (Lipinski definition) is 1. The van der Waals surface area contributed by atoms with E-state index < -0.39 is 21.7 Å². The minimum absolute atomic E-state index is 0.0180. The Morgan fingerprint density at radius 1 is 1.42 bits per heavy atom. The average molecular weight is 399 g/mol. The van der Waals surface area contributed by atoms with Crippen molar-refractivity contribution in [1.82, 2.24) is 15.2 Å². The molecule has 3 rings (SSSR count). The second-order valence-corrected chi connectivity index (χ2v) is 8.60. The minimum atomic E-state index is -3.14. The van der Waals surface area contributed by atoms with Gasteiger partial charge in [-0.1, -0.05) is 11.6 Å². The first-order valence-electron chi connectivity index (χ1n) is 7.81. The molecule has 1 N–H and O–H groups in total. The van der Waals surface area contributed by atoms with Gasteiger partial charge in [0.2, 0.25) is 5.91 Å². The summed E-state index contributed by atoms with van der Waals surface area (Å²) in [7, 11) is -3.14. The number of rotatable bonds is 4. The number of nitrogens with one attached hydrogen (secondary N) is 1. The number of nitrogens with zero attached hydrogens (tertiary/aromatic N) is 3. The molecule has 138 valence electrons. The number of amides is 1. The number of aromatic nitrogens is 2. The van der Waals surface area contributed by atoms with Crippen molar-refractivity contribution in [2.24, 2.45) is 11.0 Å². The van der Waals surface area contributed by atoms with Gasteiger partial charge in [-0.3, -0.25) is 4.79 Å². The number of hydrazone groups is 1. The zero-order valence-electron chi connectivity index (χ0n) is 13.8. The van der Waals surface area contributed by atoms with Gasteiger partial charge in [0, 0.05) is 0 Å². The SMILES string of the molecule is Cc1nn(-c2ccc(F)cc2)c(Cl)c1/C=N\NC(=O)[C@@H]1CCS(=O)(=O)C1. The van der Waals surface area contributed by atoms with Gasteiger partial charge >= 0.3 is 0 Å². The third-order valence-electron chi connectivity index (χ3n) is 4.09. The maximum atomic E-state index is 13.0. The molecular formula is C16H16ClFN4O3S. The first-order chi connectivity index (χ1) is 12.3. The number of benzene rings is 1. The lowest BCUT2D eigenvalue weighted by Gasteiger charge is -2.04. The van der Waals surface area contributed by atoms with Crippen LogP contribution in [-0.4, -0.2) is 41.8 Å². The van der Waals surface area contributed by atoms with E-state index in [2.05, 4.69) is 15.6 Å². The molecule has 0 radical (unpaired) electrons. The molecular weight excluding hydrogens is 383 g/mol. The monoisotopic (exact) mass is 398 g/mol. The first kappa shape index (κ1) is 18.5. The third kappa shape index (κ3) is 3.94. The van der Waals surface area contributed by atoms with Crippen LogP contribution in [0.2, 0.25) is 5.15 Å². The number of aryl methyl sites for hydroxylation is 1. The summed E-state index contributed by atoms with van der Waals surface area (Å²) in [4.78, 5) is 12.0. The van der Waals surface area contributed by atoms with Gasteiger partial charge in [0.05, 0.1) is 40.6 Å². The average Bonchev–Trinajstić information content (AvgIpc) is 3.09. The Bertz CT molecular complexity index is 970. The summed E-state index contributed by atoms with van der Waals surface area (Å²) in [5, 5.41) is 8.40. The third-order valence-corrected chi connectivity index (χ3v) is 6.22. The van der Waals surface area contributed by atoms with E-state index in [0.29, 0.717) is 23.4 Å². The van der Waals surface area contributed by atoms with Crippen LogP contribution in [0, 0.1) is 18.7 Å². The van der Waals surface area contributed by atoms with E-state index in [1.54, 1.807) is 6.92 Å². The molecule has 2 aromatic rings. The second kappa shape index (κ2) is 7.16. The van der Waals surface area contributed by atoms with E-state index in [-0.39, 0.29) is 22.5 Å². The lowest BCUT2D eigenvalue weighted by Crippen LogP contribution is -2.27. The van der Waals surface area contributed by atoms with E-state index in [9.17, 15) is 17.6 Å².